The lowest BCUT2D eigenvalue weighted by molar-refractivity contribution is -0.362. The summed E-state index contributed by atoms with van der Waals surface area (Å²) in [6.45, 7) is 7.27. The van der Waals surface area contributed by atoms with Crippen LogP contribution in [0.15, 0.2) is 47.1 Å². The summed E-state index contributed by atoms with van der Waals surface area (Å²) >= 11 is 3.41. The molecule has 0 unspecified atom stereocenters. The standard InChI is InChI=1S/C16H20BrN3/c1-3-20(4-2)15-8-5-13(6-9-15)11-18-16-10-7-14(17)12-19-16/h5-10,12H,3-4,11H2,1-2H3,(H,18,19)/p+1. The summed E-state index contributed by atoms with van der Waals surface area (Å²) < 4.78 is 1.05. The third kappa shape index (κ3) is 3.97. The van der Waals surface area contributed by atoms with Gasteiger partial charge in [0.15, 0.2) is 0 Å². The van der Waals surface area contributed by atoms with E-state index in [0.29, 0.717) is 0 Å². The number of nitrogens with one attached hydrogen (secondary N) is 2. The fraction of sp³-hybridized carbons (Fsp3) is 0.312. The maximum Gasteiger partial charge on any atom is 0.272 e. The lowest BCUT2D eigenvalue weighted by Gasteiger charge is -2.20. The van der Waals surface area contributed by atoms with Gasteiger partial charge >= 0.3 is 0 Å². The number of H-pyrrole nitrogens is 1. The van der Waals surface area contributed by atoms with Crippen LogP contribution in [0.4, 0.5) is 11.5 Å². The second kappa shape index (κ2) is 7.29. The Kier molecular flexibility index (Phi) is 5.41. The van der Waals surface area contributed by atoms with Gasteiger partial charge in [-0.1, -0.05) is 12.1 Å². The van der Waals surface area contributed by atoms with E-state index in [1.165, 1.54) is 11.3 Å². The van der Waals surface area contributed by atoms with Crippen LogP contribution in [0.1, 0.15) is 19.4 Å². The molecule has 4 heteroatoms. The number of pyridine rings is 1. The maximum absolute atomic E-state index is 3.41. The van der Waals surface area contributed by atoms with Gasteiger partial charge in [-0.2, -0.15) is 0 Å². The minimum Gasteiger partial charge on any atom is -0.372 e. The number of nitrogens with zero attached hydrogens (tertiary/aromatic N) is 1. The topological polar surface area (TPSA) is 29.4 Å². The zero-order chi connectivity index (χ0) is 14.4. The van der Waals surface area contributed by atoms with Crippen LogP contribution >= 0.6 is 15.9 Å². The van der Waals surface area contributed by atoms with Gasteiger partial charge in [0.2, 0.25) is 0 Å². The second-order valence-corrected chi connectivity index (χ2v) is 5.53. The molecule has 0 bridgehead atoms. The number of benzene rings is 1. The van der Waals surface area contributed by atoms with Crippen molar-refractivity contribution >= 4 is 27.4 Å². The van der Waals surface area contributed by atoms with E-state index in [4.69, 9.17) is 0 Å². The van der Waals surface area contributed by atoms with Crippen LogP contribution < -0.4 is 15.2 Å². The molecule has 0 aliphatic heterocycles. The van der Waals surface area contributed by atoms with Gasteiger partial charge in [0.05, 0.1) is 4.47 Å². The Hall–Kier alpha value is -1.55. The van der Waals surface area contributed by atoms with E-state index in [1.54, 1.807) is 0 Å². The Morgan fingerprint density at radius 2 is 1.75 bits per heavy atom. The molecule has 2 N–H and O–H groups in total. The molecule has 1 aromatic carbocycles. The molecule has 0 saturated heterocycles. The molecule has 2 aromatic rings. The minimum absolute atomic E-state index is 0.816. The molecule has 0 radical (unpaired) electrons. The summed E-state index contributed by atoms with van der Waals surface area (Å²) in [4.78, 5) is 5.54. The fourth-order valence-electron chi connectivity index (χ4n) is 2.13. The summed E-state index contributed by atoms with van der Waals surface area (Å²) in [7, 11) is 0. The molecule has 0 spiro atoms. The van der Waals surface area contributed by atoms with Crippen molar-refractivity contribution in [2.75, 3.05) is 23.3 Å². The van der Waals surface area contributed by atoms with Gasteiger partial charge in [0, 0.05) is 24.8 Å². The van der Waals surface area contributed by atoms with Crippen LogP contribution in [0, 0.1) is 0 Å². The molecular formula is C16H21BrN3+. The first-order chi connectivity index (χ1) is 9.72. The average Bonchev–Trinajstić information content (AvgIpc) is 2.49. The van der Waals surface area contributed by atoms with Crippen molar-refractivity contribution in [3.63, 3.8) is 0 Å². The SMILES string of the molecule is CCN(CC)c1ccc(CNc2ccc(Br)c[nH+]2)cc1. The van der Waals surface area contributed by atoms with Crippen molar-refractivity contribution in [1.29, 1.82) is 0 Å². The van der Waals surface area contributed by atoms with E-state index in [0.717, 1.165) is 29.9 Å². The molecule has 3 nitrogen and oxygen atoms in total. The van der Waals surface area contributed by atoms with Crippen LogP contribution in [-0.2, 0) is 6.54 Å². The van der Waals surface area contributed by atoms with Crippen LogP contribution in [0.5, 0.6) is 0 Å². The van der Waals surface area contributed by atoms with Gasteiger partial charge in [0.25, 0.3) is 5.82 Å². The van der Waals surface area contributed by atoms with Crippen molar-refractivity contribution in [3.8, 4) is 0 Å². The normalized spacial score (nSPS) is 10.3. The largest absolute Gasteiger partial charge is 0.372 e. The minimum atomic E-state index is 0.816. The molecule has 0 aliphatic carbocycles. The van der Waals surface area contributed by atoms with Gasteiger partial charge in [-0.05, 0) is 53.5 Å². The number of halogens is 1. The second-order valence-electron chi connectivity index (χ2n) is 4.61. The fourth-order valence-corrected chi connectivity index (χ4v) is 2.37. The summed E-state index contributed by atoms with van der Waals surface area (Å²) in [5, 5.41) is 3.37. The molecule has 0 atom stereocenters. The number of rotatable bonds is 6. The van der Waals surface area contributed by atoms with Crippen LogP contribution in [0.2, 0.25) is 0 Å². The third-order valence-corrected chi connectivity index (χ3v) is 3.82. The van der Waals surface area contributed by atoms with E-state index in [1.807, 2.05) is 18.3 Å². The Bertz CT molecular complexity index is 518. The zero-order valence-electron chi connectivity index (χ0n) is 12.0. The Morgan fingerprint density at radius 3 is 2.30 bits per heavy atom. The van der Waals surface area contributed by atoms with Gasteiger partial charge in [-0.25, -0.2) is 4.98 Å². The summed E-state index contributed by atoms with van der Waals surface area (Å²) in [6.07, 6.45) is 1.92. The lowest BCUT2D eigenvalue weighted by atomic mass is 10.2. The van der Waals surface area contributed by atoms with Crippen LogP contribution in [0.3, 0.4) is 0 Å². The lowest BCUT2D eigenvalue weighted by Crippen LogP contribution is -2.21. The van der Waals surface area contributed by atoms with Crippen molar-refractivity contribution in [3.05, 3.63) is 52.6 Å². The van der Waals surface area contributed by atoms with Gasteiger partial charge in [0.1, 0.15) is 12.7 Å². The highest BCUT2D eigenvalue weighted by Gasteiger charge is 2.04. The van der Waals surface area contributed by atoms with E-state index in [-0.39, 0.29) is 0 Å². The van der Waals surface area contributed by atoms with Gasteiger partial charge in [-0.15, -0.1) is 0 Å². The first-order valence-corrected chi connectivity index (χ1v) is 7.77. The third-order valence-electron chi connectivity index (χ3n) is 3.32. The number of aromatic amines is 1. The highest BCUT2D eigenvalue weighted by Crippen LogP contribution is 2.15. The predicted octanol–water partition coefficient (Wildman–Crippen LogP) is 3.72. The molecule has 106 valence electrons. The molecule has 0 fully saturated rings. The Balaban J connectivity index is 1.95. The molecule has 1 heterocycles. The highest BCUT2D eigenvalue weighted by molar-refractivity contribution is 9.10. The summed E-state index contributed by atoms with van der Waals surface area (Å²) in [5.41, 5.74) is 2.56. The van der Waals surface area contributed by atoms with E-state index < -0.39 is 0 Å². The average molecular weight is 335 g/mol. The van der Waals surface area contributed by atoms with Gasteiger partial charge in [-0.3, -0.25) is 5.32 Å². The first kappa shape index (κ1) is 14.9. The predicted molar refractivity (Wildman–Crippen MR) is 88.0 cm³/mol. The zero-order valence-corrected chi connectivity index (χ0v) is 13.6. The number of anilines is 2. The molecule has 1 aromatic heterocycles. The monoisotopic (exact) mass is 334 g/mol. The quantitative estimate of drug-likeness (QED) is 0.872. The molecule has 2 rings (SSSR count). The summed E-state index contributed by atoms with van der Waals surface area (Å²) in [6, 6.07) is 12.8. The van der Waals surface area contributed by atoms with E-state index in [2.05, 4.69) is 69.2 Å². The van der Waals surface area contributed by atoms with Crippen molar-refractivity contribution in [1.82, 2.24) is 0 Å². The maximum atomic E-state index is 3.41. The molecule has 0 amide bonds. The molecule has 20 heavy (non-hydrogen) atoms. The highest BCUT2D eigenvalue weighted by atomic mass is 79.9. The molecule has 0 aliphatic rings. The Labute approximate surface area is 129 Å². The van der Waals surface area contributed by atoms with Crippen molar-refractivity contribution in [2.24, 2.45) is 0 Å². The van der Waals surface area contributed by atoms with E-state index in [9.17, 15) is 0 Å². The smallest absolute Gasteiger partial charge is 0.272 e. The molecule has 0 saturated carbocycles. The summed E-state index contributed by atoms with van der Waals surface area (Å²) in [5.74, 6) is 1.01. The molecular weight excluding hydrogens is 314 g/mol. The van der Waals surface area contributed by atoms with Crippen molar-refractivity contribution in [2.45, 2.75) is 20.4 Å². The van der Waals surface area contributed by atoms with Crippen LogP contribution in [-0.4, -0.2) is 13.1 Å². The van der Waals surface area contributed by atoms with E-state index >= 15 is 0 Å². The number of hydrogen-bond acceptors (Lipinski definition) is 2. The van der Waals surface area contributed by atoms with Crippen LogP contribution in [0.25, 0.3) is 0 Å². The Morgan fingerprint density at radius 1 is 1.05 bits per heavy atom. The number of aromatic nitrogens is 1. The van der Waals surface area contributed by atoms with Crippen molar-refractivity contribution < 1.29 is 4.98 Å². The van der Waals surface area contributed by atoms with Gasteiger partial charge < -0.3 is 4.90 Å². The number of hydrogen-bond donors (Lipinski definition) is 1. The first-order valence-electron chi connectivity index (χ1n) is 6.98.